The molecule has 0 aromatic heterocycles. The lowest BCUT2D eigenvalue weighted by Crippen LogP contribution is -2.28. The van der Waals surface area contributed by atoms with Gasteiger partial charge >= 0.3 is 0 Å². The van der Waals surface area contributed by atoms with Gasteiger partial charge in [-0.15, -0.1) is 0 Å². The van der Waals surface area contributed by atoms with Crippen molar-refractivity contribution in [2.24, 2.45) is 23.7 Å². The highest BCUT2D eigenvalue weighted by molar-refractivity contribution is 9.09. The summed E-state index contributed by atoms with van der Waals surface area (Å²) in [6.07, 6.45) is 16.8. The predicted octanol–water partition coefficient (Wildman–Crippen LogP) is 5.55. The molecule has 0 N–H and O–H groups in total. The van der Waals surface area contributed by atoms with Gasteiger partial charge in [-0.25, -0.2) is 0 Å². The molecule has 6 aliphatic carbocycles. The van der Waals surface area contributed by atoms with Gasteiger partial charge in [0.1, 0.15) is 0 Å². The van der Waals surface area contributed by atoms with Crippen molar-refractivity contribution >= 4 is 15.9 Å². The van der Waals surface area contributed by atoms with Crippen LogP contribution in [0.3, 0.4) is 0 Å². The summed E-state index contributed by atoms with van der Waals surface area (Å²) in [7, 11) is 0. The maximum absolute atomic E-state index is 3.99. The molecule has 0 saturated heterocycles. The minimum atomic E-state index is 0.846. The van der Waals surface area contributed by atoms with Crippen LogP contribution >= 0.6 is 15.9 Å². The van der Waals surface area contributed by atoms with E-state index in [0.717, 1.165) is 28.5 Å². The lowest BCUT2D eigenvalue weighted by molar-refractivity contribution is 0.181. The van der Waals surface area contributed by atoms with Gasteiger partial charge in [0.2, 0.25) is 0 Å². The van der Waals surface area contributed by atoms with Crippen LogP contribution in [0, 0.1) is 23.7 Å². The average molecular weight is 299 g/mol. The van der Waals surface area contributed by atoms with Crippen LogP contribution in [0.5, 0.6) is 0 Å². The molecule has 6 fully saturated rings. The van der Waals surface area contributed by atoms with Crippen LogP contribution in [0.15, 0.2) is 0 Å². The fourth-order valence-electron chi connectivity index (χ4n) is 4.58. The van der Waals surface area contributed by atoms with E-state index in [4.69, 9.17) is 0 Å². The quantitative estimate of drug-likeness (QED) is 0.515. The summed E-state index contributed by atoms with van der Waals surface area (Å²) in [5.74, 6) is 4.23. The number of rotatable bonds is 0. The van der Waals surface area contributed by atoms with Crippen molar-refractivity contribution in [3.63, 3.8) is 0 Å². The van der Waals surface area contributed by atoms with Crippen LogP contribution in [-0.2, 0) is 0 Å². The molecule has 4 bridgehead atoms. The first-order chi connectivity index (χ1) is 8.31. The molecule has 98 valence electrons. The molecule has 6 aliphatic rings. The van der Waals surface area contributed by atoms with Crippen LogP contribution in [-0.4, -0.2) is 4.83 Å². The molecule has 0 aliphatic heterocycles. The predicted molar refractivity (Wildman–Crippen MR) is 77.5 cm³/mol. The minimum Gasteiger partial charge on any atom is -0.0888 e. The van der Waals surface area contributed by atoms with Crippen LogP contribution in [0.4, 0.5) is 0 Å². The molecule has 0 heterocycles. The molecular formula is C16H27Br. The van der Waals surface area contributed by atoms with E-state index in [0.29, 0.717) is 0 Å². The Balaban J connectivity index is 1.67. The Morgan fingerprint density at radius 2 is 0.941 bits per heavy atom. The third-order valence-electron chi connectivity index (χ3n) is 5.91. The van der Waals surface area contributed by atoms with E-state index in [1.807, 2.05) is 0 Å². The van der Waals surface area contributed by atoms with E-state index in [1.54, 1.807) is 32.1 Å². The lowest BCUT2D eigenvalue weighted by atomic mass is 9.71. The van der Waals surface area contributed by atoms with E-state index in [1.165, 1.54) is 38.5 Å². The van der Waals surface area contributed by atoms with Gasteiger partial charge in [-0.2, -0.15) is 0 Å². The highest BCUT2D eigenvalue weighted by atomic mass is 79.9. The molecule has 1 heteroatoms. The van der Waals surface area contributed by atoms with Gasteiger partial charge in [-0.3, -0.25) is 0 Å². The maximum Gasteiger partial charge on any atom is 0.0176 e. The summed E-state index contributed by atoms with van der Waals surface area (Å²) >= 11 is 3.99. The molecule has 6 rings (SSSR count). The van der Waals surface area contributed by atoms with Gasteiger partial charge in [-0.05, 0) is 42.9 Å². The minimum absolute atomic E-state index is 0.846. The molecule has 3 atom stereocenters. The Morgan fingerprint density at radius 1 is 0.529 bits per heavy atom. The first kappa shape index (κ1) is 12.5. The van der Waals surface area contributed by atoms with Crippen molar-refractivity contribution in [3.05, 3.63) is 0 Å². The van der Waals surface area contributed by atoms with Crippen LogP contribution < -0.4 is 0 Å². The third-order valence-corrected chi connectivity index (χ3v) is 7.03. The highest BCUT2D eigenvalue weighted by Crippen LogP contribution is 2.43. The molecule has 0 radical (unpaired) electrons. The van der Waals surface area contributed by atoms with Gasteiger partial charge in [0.05, 0.1) is 0 Å². The summed E-state index contributed by atoms with van der Waals surface area (Å²) in [6.45, 7) is 0. The Morgan fingerprint density at radius 3 is 1.47 bits per heavy atom. The van der Waals surface area contributed by atoms with E-state index in [9.17, 15) is 0 Å². The Bertz CT molecular complexity index is 242. The van der Waals surface area contributed by atoms with Crippen LogP contribution in [0.1, 0.15) is 70.6 Å². The van der Waals surface area contributed by atoms with Crippen molar-refractivity contribution in [1.29, 1.82) is 0 Å². The molecule has 6 saturated carbocycles. The van der Waals surface area contributed by atoms with Crippen LogP contribution in [0.25, 0.3) is 0 Å². The summed E-state index contributed by atoms with van der Waals surface area (Å²) < 4.78 is 0. The van der Waals surface area contributed by atoms with Gasteiger partial charge < -0.3 is 0 Å². The molecule has 0 aromatic carbocycles. The second-order valence-corrected chi connectivity index (χ2v) is 8.17. The fraction of sp³-hybridized carbons (Fsp3) is 1.00. The van der Waals surface area contributed by atoms with Crippen molar-refractivity contribution in [2.45, 2.75) is 75.5 Å². The standard InChI is InChI=1S/C16H27Br/c17-16-11-14-6-5-12-1-3-13(4-2-12)7-9-15(16)10-8-14/h12-16H,1-11H2. The highest BCUT2D eigenvalue weighted by Gasteiger charge is 2.31. The Labute approximate surface area is 115 Å². The maximum atomic E-state index is 3.99. The van der Waals surface area contributed by atoms with Gasteiger partial charge in [0.15, 0.2) is 0 Å². The van der Waals surface area contributed by atoms with E-state index < -0.39 is 0 Å². The molecule has 0 spiro atoms. The van der Waals surface area contributed by atoms with E-state index in [2.05, 4.69) is 15.9 Å². The topological polar surface area (TPSA) is 0 Å². The zero-order chi connectivity index (χ0) is 11.7. The molecule has 17 heavy (non-hydrogen) atoms. The monoisotopic (exact) mass is 298 g/mol. The summed E-state index contributed by atoms with van der Waals surface area (Å²) in [4.78, 5) is 0.846. The smallest absolute Gasteiger partial charge is 0.0176 e. The second kappa shape index (κ2) is 5.63. The molecule has 0 aromatic rings. The van der Waals surface area contributed by atoms with Gasteiger partial charge in [0, 0.05) is 4.83 Å². The van der Waals surface area contributed by atoms with Gasteiger partial charge in [-0.1, -0.05) is 67.3 Å². The molecule has 3 unspecified atom stereocenters. The molecule has 0 amide bonds. The third kappa shape index (κ3) is 3.08. The fourth-order valence-corrected chi connectivity index (χ4v) is 5.63. The number of alkyl halides is 1. The largest absolute Gasteiger partial charge is 0.0888 e. The summed E-state index contributed by atoms with van der Waals surface area (Å²) in [5, 5.41) is 0. The van der Waals surface area contributed by atoms with E-state index >= 15 is 0 Å². The zero-order valence-corrected chi connectivity index (χ0v) is 12.6. The van der Waals surface area contributed by atoms with Crippen LogP contribution in [0.2, 0.25) is 0 Å². The molecular weight excluding hydrogens is 272 g/mol. The zero-order valence-electron chi connectivity index (χ0n) is 11.0. The lowest BCUT2D eigenvalue weighted by Gasteiger charge is -2.37. The molecule has 0 nitrogen and oxygen atoms in total. The second-order valence-electron chi connectivity index (χ2n) is 7.00. The Kier molecular flexibility index (Phi) is 4.14. The summed E-state index contributed by atoms with van der Waals surface area (Å²) in [5.41, 5.74) is 0. The van der Waals surface area contributed by atoms with Crippen molar-refractivity contribution in [1.82, 2.24) is 0 Å². The average Bonchev–Trinajstić information content (AvgIpc) is 2.34. The summed E-state index contributed by atoms with van der Waals surface area (Å²) in [6, 6.07) is 0. The first-order valence-electron chi connectivity index (χ1n) is 7.95. The van der Waals surface area contributed by atoms with Gasteiger partial charge in [0.25, 0.3) is 0 Å². The first-order valence-corrected chi connectivity index (χ1v) is 8.87. The SMILES string of the molecule is BrC1CC2CCC3CCC(CC3)CCC1CC2. The van der Waals surface area contributed by atoms with Crippen molar-refractivity contribution in [3.8, 4) is 0 Å². The Hall–Kier alpha value is 0.480. The number of halogens is 1. The number of hydrogen-bond donors (Lipinski definition) is 0. The normalized spacial score (nSPS) is 47.5. The number of hydrogen-bond acceptors (Lipinski definition) is 0. The van der Waals surface area contributed by atoms with Crippen molar-refractivity contribution in [2.75, 3.05) is 0 Å². The van der Waals surface area contributed by atoms with E-state index in [-0.39, 0.29) is 0 Å². The van der Waals surface area contributed by atoms with Crippen molar-refractivity contribution < 1.29 is 0 Å².